The Morgan fingerprint density at radius 1 is 1.21 bits per heavy atom. The molecule has 2 aromatic rings. The molecule has 2 aliphatic rings. The Labute approximate surface area is 165 Å². The first kappa shape index (κ1) is 19.5. The van der Waals surface area contributed by atoms with Crippen LogP contribution >= 0.6 is 0 Å². The molecule has 1 aliphatic heterocycles. The number of nitrogens with zero attached hydrogens (tertiary/aromatic N) is 3. The van der Waals surface area contributed by atoms with E-state index in [1.54, 1.807) is 11.9 Å². The van der Waals surface area contributed by atoms with Gasteiger partial charge in [0.2, 0.25) is 5.89 Å². The van der Waals surface area contributed by atoms with E-state index in [0.29, 0.717) is 18.3 Å². The van der Waals surface area contributed by atoms with Crippen molar-refractivity contribution in [2.75, 3.05) is 18.6 Å². The quantitative estimate of drug-likeness (QED) is 0.810. The van der Waals surface area contributed by atoms with Crippen LogP contribution in [0.2, 0.25) is 0 Å². The van der Waals surface area contributed by atoms with E-state index in [2.05, 4.69) is 41.3 Å². The molecule has 1 aliphatic carbocycles. The lowest BCUT2D eigenvalue weighted by Crippen LogP contribution is -2.40. The summed E-state index contributed by atoms with van der Waals surface area (Å²) in [5, 5.41) is 14.4. The number of rotatable bonds is 5. The Kier molecular flexibility index (Phi) is 5.05. The minimum Gasteiger partial charge on any atom is -0.390 e. The van der Waals surface area contributed by atoms with E-state index < -0.39 is 22.0 Å². The summed E-state index contributed by atoms with van der Waals surface area (Å²) < 4.78 is 29.1. The fourth-order valence-corrected chi connectivity index (χ4v) is 6.44. The molecule has 0 spiro atoms. The highest BCUT2D eigenvalue weighted by atomic mass is 32.2. The molecule has 1 saturated carbocycles. The van der Waals surface area contributed by atoms with Gasteiger partial charge >= 0.3 is 0 Å². The average molecular weight is 406 g/mol. The first-order valence-corrected chi connectivity index (χ1v) is 11.6. The number of likely N-dealkylation sites (N-methyl/N-ethyl adjacent to an activating group) is 1. The molecular weight excluding hydrogens is 378 g/mol. The van der Waals surface area contributed by atoms with Crippen LogP contribution < -0.4 is 0 Å². The van der Waals surface area contributed by atoms with Gasteiger partial charge in [0.1, 0.15) is 0 Å². The van der Waals surface area contributed by atoms with E-state index in [1.807, 2.05) is 0 Å². The standard InChI is InChI=1S/C20H27N3O4S/c1-14-5-7-15(8-6-14)20(9-3-4-10-20)19-21-18(27-22-19)11-23(2)16-12-28(25,26)13-17(16)24/h5-8,16-17,24H,3-4,9-13H2,1-2H3/t16-,17-/m1/s1. The van der Waals surface area contributed by atoms with Gasteiger partial charge in [0.25, 0.3) is 0 Å². The largest absolute Gasteiger partial charge is 0.390 e. The van der Waals surface area contributed by atoms with Crippen molar-refractivity contribution in [2.24, 2.45) is 0 Å². The van der Waals surface area contributed by atoms with Crippen LogP contribution in [0.15, 0.2) is 28.8 Å². The number of aliphatic hydroxyl groups excluding tert-OH is 1. The van der Waals surface area contributed by atoms with Crippen molar-refractivity contribution in [1.82, 2.24) is 15.0 Å². The summed E-state index contributed by atoms with van der Waals surface area (Å²) >= 11 is 0. The molecule has 0 unspecified atom stereocenters. The Morgan fingerprint density at radius 2 is 1.89 bits per heavy atom. The number of hydrogen-bond acceptors (Lipinski definition) is 7. The molecule has 0 amide bonds. The molecule has 7 nitrogen and oxygen atoms in total. The summed E-state index contributed by atoms with van der Waals surface area (Å²) in [6.07, 6.45) is 3.36. The molecule has 0 radical (unpaired) electrons. The van der Waals surface area contributed by atoms with Gasteiger partial charge in [0, 0.05) is 0 Å². The normalized spacial score (nSPS) is 26.1. The summed E-state index contributed by atoms with van der Waals surface area (Å²) in [5.74, 6) is 0.927. The zero-order valence-electron chi connectivity index (χ0n) is 16.3. The highest BCUT2D eigenvalue weighted by molar-refractivity contribution is 7.91. The Hall–Kier alpha value is -1.77. The number of aryl methyl sites for hydroxylation is 1. The van der Waals surface area contributed by atoms with Gasteiger partial charge in [-0.3, -0.25) is 4.90 Å². The number of aliphatic hydroxyl groups is 1. The molecule has 1 saturated heterocycles. The van der Waals surface area contributed by atoms with Gasteiger partial charge in [-0.1, -0.05) is 47.8 Å². The molecule has 2 atom stereocenters. The average Bonchev–Trinajstić information content (AvgIpc) is 3.34. The van der Waals surface area contributed by atoms with Crippen LogP contribution in [0.5, 0.6) is 0 Å². The maximum absolute atomic E-state index is 11.8. The smallest absolute Gasteiger partial charge is 0.240 e. The molecule has 1 aromatic carbocycles. The molecule has 1 N–H and O–H groups in total. The van der Waals surface area contributed by atoms with Gasteiger partial charge in [-0.15, -0.1) is 0 Å². The van der Waals surface area contributed by atoms with E-state index in [-0.39, 0.29) is 16.9 Å². The third kappa shape index (κ3) is 3.60. The molecular formula is C20H27N3O4S. The van der Waals surface area contributed by atoms with Crippen LogP contribution in [0.25, 0.3) is 0 Å². The lowest BCUT2D eigenvalue weighted by Gasteiger charge is -2.26. The number of sulfone groups is 1. The predicted octanol–water partition coefficient (Wildman–Crippen LogP) is 1.83. The highest BCUT2D eigenvalue weighted by Gasteiger charge is 2.42. The van der Waals surface area contributed by atoms with Crippen LogP contribution in [-0.2, 0) is 21.8 Å². The van der Waals surface area contributed by atoms with Gasteiger partial charge in [-0.2, -0.15) is 4.98 Å². The summed E-state index contributed by atoms with van der Waals surface area (Å²) in [4.78, 5) is 6.48. The Morgan fingerprint density at radius 3 is 2.50 bits per heavy atom. The Balaban J connectivity index is 1.55. The monoisotopic (exact) mass is 405 g/mol. The van der Waals surface area contributed by atoms with E-state index in [9.17, 15) is 13.5 Å². The van der Waals surface area contributed by atoms with Crippen LogP contribution in [0, 0.1) is 6.92 Å². The van der Waals surface area contributed by atoms with E-state index in [0.717, 1.165) is 25.7 Å². The van der Waals surface area contributed by atoms with E-state index in [4.69, 9.17) is 4.52 Å². The molecule has 152 valence electrons. The fraction of sp³-hybridized carbons (Fsp3) is 0.600. The SMILES string of the molecule is Cc1ccc(C2(c3noc(CN(C)[C@@H]4CS(=O)(=O)C[C@H]4O)n3)CCCC2)cc1. The second-order valence-corrected chi connectivity index (χ2v) is 10.4. The predicted molar refractivity (Wildman–Crippen MR) is 105 cm³/mol. The van der Waals surface area contributed by atoms with Crippen molar-refractivity contribution in [1.29, 1.82) is 0 Å². The molecule has 1 aromatic heterocycles. The Bertz CT molecular complexity index is 933. The minimum absolute atomic E-state index is 0.0427. The summed E-state index contributed by atoms with van der Waals surface area (Å²) in [7, 11) is -1.42. The van der Waals surface area contributed by atoms with Gasteiger partial charge in [0.15, 0.2) is 15.7 Å². The van der Waals surface area contributed by atoms with Gasteiger partial charge < -0.3 is 9.63 Å². The topological polar surface area (TPSA) is 96.5 Å². The second kappa shape index (κ2) is 7.24. The zero-order chi connectivity index (χ0) is 19.9. The summed E-state index contributed by atoms with van der Waals surface area (Å²) in [5.41, 5.74) is 2.22. The number of hydrogen-bond donors (Lipinski definition) is 1. The fourth-order valence-electron chi connectivity index (χ4n) is 4.57. The molecule has 2 fully saturated rings. The number of aromatic nitrogens is 2. The van der Waals surface area contributed by atoms with Crippen molar-refractivity contribution in [3.05, 3.63) is 47.1 Å². The van der Waals surface area contributed by atoms with Gasteiger partial charge in [-0.05, 0) is 32.4 Å². The zero-order valence-corrected chi connectivity index (χ0v) is 17.2. The molecule has 2 heterocycles. The van der Waals surface area contributed by atoms with Crippen molar-refractivity contribution in [2.45, 2.75) is 56.7 Å². The van der Waals surface area contributed by atoms with Gasteiger partial charge in [0.05, 0.1) is 35.6 Å². The maximum Gasteiger partial charge on any atom is 0.240 e. The van der Waals surface area contributed by atoms with E-state index in [1.165, 1.54) is 11.1 Å². The van der Waals surface area contributed by atoms with Crippen LogP contribution in [-0.4, -0.2) is 59.3 Å². The summed E-state index contributed by atoms with van der Waals surface area (Å²) in [6, 6.07) is 8.10. The molecule has 4 rings (SSSR count). The van der Waals surface area contributed by atoms with Crippen molar-refractivity contribution in [3.8, 4) is 0 Å². The van der Waals surface area contributed by atoms with Crippen molar-refractivity contribution in [3.63, 3.8) is 0 Å². The number of benzene rings is 1. The third-order valence-electron chi connectivity index (χ3n) is 6.20. The van der Waals surface area contributed by atoms with E-state index >= 15 is 0 Å². The first-order valence-electron chi connectivity index (χ1n) is 9.78. The molecule has 8 heteroatoms. The van der Waals surface area contributed by atoms with Crippen molar-refractivity contribution >= 4 is 9.84 Å². The van der Waals surface area contributed by atoms with Crippen LogP contribution in [0.3, 0.4) is 0 Å². The maximum atomic E-state index is 11.8. The second-order valence-electron chi connectivity index (χ2n) is 8.29. The lowest BCUT2D eigenvalue weighted by molar-refractivity contribution is 0.0891. The first-order chi connectivity index (χ1) is 13.3. The van der Waals surface area contributed by atoms with Crippen LogP contribution in [0.1, 0.15) is 48.5 Å². The molecule has 28 heavy (non-hydrogen) atoms. The highest BCUT2D eigenvalue weighted by Crippen LogP contribution is 2.45. The minimum atomic E-state index is -3.20. The summed E-state index contributed by atoms with van der Waals surface area (Å²) in [6.45, 7) is 2.39. The van der Waals surface area contributed by atoms with Crippen molar-refractivity contribution < 1.29 is 18.0 Å². The lowest BCUT2D eigenvalue weighted by atomic mass is 9.78. The van der Waals surface area contributed by atoms with Gasteiger partial charge in [-0.25, -0.2) is 8.42 Å². The van der Waals surface area contributed by atoms with Crippen LogP contribution in [0.4, 0.5) is 0 Å². The third-order valence-corrected chi connectivity index (χ3v) is 7.90. The molecule has 0 bridgehead atoms.